The first-order chi connectivity index (χ1) is 6.16. The summed E-state index contributed by atoms with van der Waals surface area (Å²) in [5.41, 5.74) is 6.78. The van der Waals surface area contributed by atoms with Gasteiger partial charge in [0.05, 0.1) is 5.56 Å². The van der Waals surface area contributed by atoms with E-state index in [0.29, 0.717) is 23.4 Å². The number of hydrogen-bond donors (Lipinski definition) is 1. The highest BCUT2D eigenvalue weighted by Gasteiger charge is 2.23. The van der Waals surface area contributed by atoms with Crippen molar-refractivity contribution in [1.82, 2.24) is 0 Å². The SMILES string of the molecule is CC1CC(=O)c2cc(N)ccc2O1. The summed E-state index contributed by atoms with van der Waals surface area (Å²) in [4.78, 5) is 11.5. The van der Waals surface area contributed by atoms with E-state index in [9.17, 15) is 4.79 Å². The van der Waals surface area contributed by atoms with Gasteiger partial charge in [-0.15, -0.1) is 0 Å². The molecule has 1 aliphatic rings. The normalized spacial score (nSPS) is 20.7. The molecule has 1 unspecified atom stereocenters. The molecule has 1 aromatic rings. The third kappa shape index (κ3) is 1.37. The lowest BCUT2D eigenvalue weighted by molar-refractivity contribution is 0.0871. The van der Waals surface area contributed by atoms with Crippen LogP contribution in [0.25, 0.3) is 0 Å². The molecule has 1 aromatic carbocycles. The zero-order chi connectivity index (χ0) is 9.42. The Morgan fingerprint density at radius 2 is 2.31 bits per heavy atom. The summed E-state index contributed by atoms with van der Waals surface area (Å²) < 4.78 is 5.48. The second-order valence-corrected chi connectivity index (χ2v) is 3.31. The van der Waals surface area contributed by atoms with Gasteiger partial charge in [-0.2, -0.15) is 0 Å². The molecule has 0 aromatic heterocycles. The average molecular weight is 177 g/mol. The molecule has 0 saturated carbocycles. The van der Waals surface area contributed by atoms with Crippen LogP contribution in [0.1, 0.15) is 23.7 Å². The molecule has 3 heteroatoms. The van der Waals surface area contributed by atoms with Crippen LogP contribution in [0, 0.1) is 0 Å². The maximum atomic E-state index is 11.5. The van der Waals surface area contributed by atoms with Crippen molar-refractivity contribution < 1.29 is 9.53 Å². The first-order valence-corrected chi connectivity index (χ1v) is 4.26. The molecule has 2 N–H and O–H groups in total. The minimum Gasteiger partial charge on any atom is -0.489 e. The predicted molar refractivity (Wildman–Crippen MR) is 49.9 cm³/mol. The van der Waals surface area contributed by atoms with Crippen LogP contribution in [0.5, 0.6) is 5.75 Å². The van der Waals surface area contributed by atoms with Gasteiger partial charge in [0.15, 0.2) is 5.78 Å². The highest BCUT2D eigenvalue weighted by molar-refractivity contribution is 6.00. The fraction of sp³-hybridized carbons (Fsp3) is 0.300. The van der Waals surface area contributed by atoms with Gasteiger partial charge in [0.25, 0.3) is 0 Å². The molecule has 0 bridgehead atoms. The fourth-order valence-electron chi connectivity index (χ4n) is 1.50. The summed E-state index contributed by atoms with van der Waals surface area (Å²) >= 11 is 0. The van der Waals surface area contributed by atoms with E-state index in [0.717, 1.165) is 0 Å². The number of carbonyl (C=O) groups is 1. The third-order valence-corrected chi connectivity index (χ3v) is 2.11. The Kier molecular flexibility index (Phi) is 1.72. The molecule has 0 amide bonds. The van der Waals surface area contributed by atoms with Crippen LogP contribution in [0.15, 0.2) is 18.2 Å². The zero-order valence-electron chi connectivity index (χ0n) is 7.41. The lowest BCUT2D eigenvalue weighted by atomic mass is 10.0. The number of ketones is 1. The van der Waals surface area contributed by atoms with Crippen molar-refractivity contribution >= 4 is 11.5 Å². The summed E-state index contributed by atoms with van der Waals surface area (Å²) in [6.07, 6.45) is 0.417. The quantitative estimate of drug-likeness (QED) is 0.612. The molecule has 0 aliphatic carbocycles. The van der Waals surface area contributed by atoms with Crippen molar-refractivity contribution in [2.24, 2.45) is 0 Å². The first kappa shape index (κ1) is 8.10. The molecule has 0 fully saturated rings. The van der Waals surface area contributed by atoms with Crippen molar-refractivity contribution in [3.05, 3.63) is 23.8 Å². The first-order valence-electron chi connectivity index (χ1n) is 4.26. The molecule has 1 atom stereocenters. The van der Waals surface area contributed by atoms with Gasteiger partial charge in [-0.25, -0.2) is 0 Å². The smallest absolute Gasteiger partial charge is 0.170 e. The van der Waals surface area contributed by atoms with Crippen LogP contribution in [-0.4, -0.2) is 11.9 Å². The fourth-order valence-corrected chi connectivity index (χ4v) is 1.50. The van der Waals surface area contributed by atoms with Gasteiger partial charge in [0, 0.05) is 12.1 Å². The van der Waals surface area contributed by atoms with Crippen LogP contribution in [0.2, 0.25) is 0 Å². The Morgan fingerprint density at radius 3 is 3.08 bits per heavy atom. The minimum absolute atomic E-state index is 0.0244. The predicted octanol–water partition coefficient (Wildman–Crippen LogP) is 1.62. The van der Waals surface area contributed by atoms with Crippen LogP contribution in [0.3, 0.4) is 0 Å². The second-order valence-electron chi connectivity index (χ2n) is 3.31. The van der Waals surface area contributed by atoms with Gasteiger partial charge >= 0.3 is 0 Å². The molecular formula is C10H11NO2. The maximum absolute atomic E-state index is 11.5. The molecule has 3 nitrogen and oxygen atoms in total. The number of nitrogen functional groups attached to an aromatic ring is 1. The van der Waals surface area contributed by atoms with E-state index in [-0.39, 0.29) is 11.9 Å². The van der Waals surface area contributed by atoms with Gasteiger partial charge in [0.1, 0.15) is 11.9 Å². The third-order valence-electron chi connectivity index (χ3n) is 2.11. The summed E-state index contributed by atoms with van der Waals surface area (Å²) in [5, 5.41) is 0. The number of Topliss-reactive ketones (excluding diaryl/α,β-unsaturated/α-hetero) is 1. The lowest BCUT2D eigenvalue weighted by Gasteiger charge is -2.22. The number of benzene rings is 1. The highest BCUT2D eigenvalue weighted by atomic mass is 16.5. The van der Waals surface area contributed by atoms with Gasteiger partial charge in [0.2, 0.25) is 0 Å². The van der Waals surface area contributed by atoms with E-state index in [2.05, 4.69) is 0 Å². The van der Waals surface area contributed by atoms with E-state index >= 15 is 0 Å². The van der Waals surface area contributed by atoms with E-state index in [1.54, 1.807) is 18.2 Å². The van der Waals surface area contributed by atoms with E-state index in [1.807, 2.05) is 6.92 Å². The molecule has 0 spiro atoms. The Labute approximate surface area is 76.5 Å². The molecule has 0 radical (unpaired) electrons. The van der Waals surface area contributed by atoms with Gasteiger partial charge in [-0.3, -0.25) is 4.79 Å². The number of carbonyl (C=O) groups excluding carboxylic acids is 1. The number of rotatable bonds is 0. The van der Waals surface area contributed by atoms with Crippen molar-refractivity contribution in [3.8, 4) is 5.75 Å². The van der Waals surface area contributed by atoms with Crippen molar-refractivity contribution in [2.45, 2.75) is 19.4 Å². The minimum atomic E-state index is -0.0244. The van der Waals surface area contributed by atoms with Crippen LogP contribution < -0.4 is 10.5 Å². The van der Waals surface area contributed by atoms with Crippen molar-refractivity contribution in [2.75, 3.05) is 5.73 Å². The second kappa shape index (κ2) is 2.76. The monoisotopic (exact) mass is 177 g/mol. The maximum Gasteiger partial charge on any atom is 0.170 e. The Morgan fingerprint density at radius 1 is 1.54 bits per heavy atom. The number of hydrogen-bond acceptors (Lipinski definition) is 3. The van der Waals surface area contributed by atoms with Gasteiger partial charge in [-0.1, -0.05) is 0 Å². The summed E-state index contributed by atoms with van der Waals surface area (Å²) in [6, 6.07) is 5.16. The number of ether oxygens (including phenoxy) is 1. The molecule has 68 valence electrons. The molecule has 2 rings (SSSR count). The van der Waals surface area contributed by atoms with Crippen molar-refractivity contribution in [1.29, 1.82) is 0 Å². The summed E-state index contributed by atoms with van der Waals surface area (Å²) in [7, 11) is 0. The number of fused-ring (bicyclic) bond motifs is 1. The molecule has 1 heterocycles. The highest BCUT2D eigenvalue weighted by Crippen LogP contribution is 2.28. The topological polar surface area (TPSA) is 52.3 Å². The van der Waals surface area contributed by atoms with Crippen molar-refractivity contribution in [3.63, 3.8) is 0 Å². The Hall–Kier alpha value is -1.51. The van der Waals surface area contributed by atoms with Crippen LogP contribution >= 0.6 is 0 Å². The zero-order valence-corrected chi connectivity index (χ0v) is 7.41. The van der Waals surface area contributed by atoms with E-state index in [1.165, 1.54) is 0 Å². The molecular weight excluding hydrogens is 166 g/mol. The lowest BCUT2D eigenvalue weighted by Crippen LogP contribution is -2.23. The van der Waals surface area contributed by atoms with Crippen LogP contribution in [-0.2, 0) is 0 Å². The van der Waals surface area contributed by atoms with Gasteiger partial charge in [-0.05, 0) is 25.1 Å². The largest absolute Gasteiger partial charge is 0.489 e. The van der Waals surface area contributed by atoms with E-state index < -0.39 is 0 Å². The molecule has 0 saturated heterocycles. The van der Waals surface area contributed by atoms with E-state index in [4.69, 9.17) is 10.5 Å². The van der Waals surface area contributed by atoms with Crippen LogP contribution in [0.4, 0.5) is 5.69 Å². The average Bonchev–Trinajstić information content (AvgIpc) is 2.06. The van der Waals surface area contributed by atoms with Gasteiger partial charge < -0.3 is 10.5 Å². The number of nitrogens with two attached hydrogens (primary N) is 1. The molecule has 13 heavy (non-hydrogen) atoms. The summed E-state index contributed by atoms with van der Waals surface area (Å²) in [6.45, 7) is 1.89. The molecule has 1 aliphatic heterocycles. The number of anilines is 1. The Balaban J connectivity index is 2.49. The Bertz CT molecular complexity index is 360. The summed E-state index contributed by atoms with van der Waals surface area (Å²) in [5.74, 6) is 0.763. The standard InChI is InChI=1S/C10H11NO2/c1-6-4-9(12)8-5-7(11)2-3-10(8)13-6/h2-3,5-6H,4,11H2,1H3.